The second-order valence-electron chi connectivity index (χ2n) is 3.76. The molecule has 0 bridgehead atoms. The molecule has 2 aromatic carbocycles. The summed E-state index contributed by atoms with van der Waals surface area (Å²) in [4.78, 5) is 11.2. The van der Waals surface area contributed by atoms with Gasteiger partial charge in [0, 0.05) is 6.54 Å². The van der Waals surface area contributed by atoms with Crippen LogP contribution in [-0.4, -0.2) is 11.1 Å². The normalized spacial score (nSPS) is 10.2. The van der Waals surface area contributed by atoms with Crippen LogP contribution in [0.25, 0.3) is 11.1 Å². The number of hydrogen-bond donors (Lipinski definition) is 2. The van der Waals surface area contributed by atoms with Crippen LogP contribution in [0.5, 0.6) is 0 Å². The van der Waals surface area contributed by atoms with Crippen molar-refractivity contribution in [3.63, 3.8) is 0 Å². The third-order valence-corrected chi connectivity index (χ3v) is 2.63. The topological polar surface area (TPSA) is 63.3 Å². The average molecular weight is 227 g/mol. The van der Waals surface area contributed by atoms with Gasteiger partial charge >= 0.3 is 5.97 Å². The number of rotatable bonds is 3. The maximum absolute atomic E-state index is 11.2. The van der Waals surface area contributed by atoms with E-state index in [2.05, 4.69) is 0 Å². The summed E-state index contributed by atoms with van der Waals surface area (Å²) in [6, 6.07) is 14.8. The second-order valence-corrected chi connectivity index (χ2v) is 3.76. The fourth-order valence-electron chi connectivity index (χ4n) is 1.76. The summed E-state index contributed by atoms with van der Waals surface area (Å²) in [5.41, 5.74) is 8.24. The predicted octanol–water partition coefficient (Wildman–Crippen LogP) is 2.51. The molecule has 2 rings (SSSR count). The van der Waals surface area contributed by atoms with Crippen molar-refractivity contribution in [2.24, 2.45) is 5.73 Å². The van der Waals surface area contributed by atoms with Crippen molar-refractivity contribution in [1.29, 1.82) is 0 Å². The number of nitrogens with two attached hydrogens (primary N) is 1. The first kappa shape index (κ1) is 11.4. The van der Waals surface area contributed by atoms with Crippen molar-refractivity contribution < 1.29 is 9.90 Å². The zero-order valence-corrected chi connectivity index (χ0v) is 9.26. The van der Waals surface area contributed by atoms with Crippen molar-refractivity contribution in [3.05, 3.63) is 59.7 Å². The summed E-state index contributed by atoms with van der Waals surface area (Å²) in [6.07, 6.45) is 0. The van der Waals surface area contributed by atoms with Gasteiger partial charge in [-0.2, -0.15) is 0 Å². The Morgan fingerprint density at radius 1 is 1.12 bits per heavy atom. The van der Waals surface area contributed by atoms with Gasteiger partial charge in [0.05, 0.1) is 5.56 Å². The minimum Gasteiger partial charge on any atom is -0.478 e. The van der Waals surface area contributed by atoms with E-state index in [1.165, 1.54) is 0 Å². The van der Waals surface area contributed by atoms with Crippen LogP contribution in [0.3, 0.4) is 0 Å². The third-order valence-electron chi connectivity index (χ3n) is 2.63. The monoisotopic (exact) mass is 227 g/mol. The van der Waals surface area contributed by atoms with Gasteiger partial charge in [-0.05, 0) is 22.8 Å². The molecule has 0 atom stereocenters. The molecule has 0 aromatic heterocycles. The van der Waals surface area contributed by atoms with Crippen LogP contribution in [0, 0.1) is 0 Å². The Labute approximate surface area is 99.5 Å². The maximum atomic E-state index is 11.2. The van der Waals surface area contributed by atoms with Gasteiger partial charge in [-0.1, -0.05) is 42.5 Å². The van der Waals surface area contributed by atoms with Crippen LogP contribution in [0.15, 0.2) is 48.5 Å². The van der Waals surface area contributed by atoms with Crippen LogP contribution >= 0.6 is 0 Å². The van der Waals surface area contributed by atoms with E-state index >= 15 is 0 Å². The molecule has 0 fully saturated rings. The van der Waals surface area contributed by atoms with Gasteiger partial charge in [0.1, 0.15) is 0 Å². The second kappa shape index (κ2) is 4.80. The fraction of sp³-hybridized carbons (Fsp3) is 0.0714. The van der Waals surface area contributed by atoms with Crippen molar-refractivity contribution >= 4 is 5.97 Å². The molecule has 0 amide bonds. The van der Waals surface area contributed by atoms with Gasteiger partial charge in [0.25, 0.3) is 0 Å². The van der Waals surface area contributed by atoms with Gasteiger partial charge in [0.15, 0.2) is 0 Å². The minimum absolute atomic E-state index is 0.291. The van der Waals surface area contributed by atoms with Gasteiger partial charge in [0.2, 0.25) is 0 Å². The van der Waals surface area contributed by atoms with Crippen molar-refractivity contribution in [3.8, 4) is 11.1 Å². The maximum Gasteiger partial charge on any atom is 0.336 e. The van der Waals surface area contributed by atoms with Gasteiger partial charge in [-0.25, -0.2) is 4.79 Å². The molecule has 3 N–H and O–H groups in total. The first-order valence-corrected chi connectivity index (χ1v) is 5.34. The lowest BCUT2D eigenvalue weighted by Gasteiger charge is -2.08. The van der Waals surface area contributed by atoms with E-state index < -0.39 is 5.97 Å². The molecule has 0 radical (unpaired) electrons. The first-order chi connectivity index (χ1) is 8.22. The third kappa shape index (κ3) is 2.34. The Morgan fingerprint density at radius 3 is 2.41 bits per heavy atom. The Hall–Kier alpha value is -2.13. The summed E-state index contributed by atoms with van der Waals surface area (Å²) in [5.74, 6) is -0.931. The Bertz CT molecular complexity index is 535. The highest BCUT2D eigenvalue weighted by Crippen LogP contribution is 2.24. The minimum atomic E-state index is -0.931. The predicted molar refractivity (Wildman–Crippen MR) is 66.7 cm³/mol. The summed E-state index contributed by atoms with van der Waals surface area (Å²) in [6.45, 7) is 0.343. The van der Waals surface area contributed by atoms with Gasteiger partial charge in [-0.3, -0.25) is 0 Å². The molecular formula is C14H13NO2. The molecule has 0 spiro atoms. The summed E-state index contributed by atoms with van der Waals surface area (Å²) < 4.78 is 0. The fourth-order valence-corrected chi connectivity index (χ4v) is 1.76. The van der Waals surface area contributed by atoms with Crippen molar-refractivity contribution in [2.75, 3.05) is 0 Å². The van der Waals surface area contributed by atoms with Crippen LogP contribution < -0.4 is 5.73 Å². The molecule has 2 aromatic rings. The first-order valence-electron chi connectivity index (χ1n) is 5.34. The van der Waals surface area contributed by atoms with E-state index in [9.17, 15) is 9.90 Å². The smallest absolute Gasteiger partial charge is 0.336 e. The molecule has 86 valence electrons. The zero-order chi connectivity index (χ0) is 12.3. The number of carboxylic acids is 1. The largest absolute Gasteiger partial charge is 0.478 e. The standard InChI is InChI=1S/C14H13NO2/c15-9-10-6-7-12(13(8-10)14(16)17)11-4-2-1-3-5-11/h1-8H,9,15H2,(H,16,17). The number of hydrogen-bond acceptors (Lipinski definition) is 2. The van der Waals surface area contributed by atoms with Crippen LogP contribution in [0.4, 0.5) is 0 Å². The Morgan fingerprint density at radius 2 is 1.82 bits per heavy atom. The molecule has 3 heteroatoms. The summed E-state index contributed by atoms with van der Waals surface area (Å²) in [7, 11) is 0. The Balaban J connectivity index is 2.58. The molecule has 0 aliphatic carbocycles. The van der Waals surface area contributed by atoms with E-state index in [0.29, 0.717) is 12.1 Å². The van der Waals surface area contributed by atoms with Gasteiger partial charge < -0.3 is 10.8 Å². The number of benzene rings is 2. The quantitative estimate of drug-likeness (QED) is 0.846. The SMILES string of the molecule is NCc1ccc(-c2ccccc2)c(C(=O)O)c1. The highest BCUT2D eigenvalue weighted by atomic mass is 16.4. The lowest BCUT2D eigenvalue weighted by molar-refractivity contribution is 0.0697. The molecule has 3 nitrogen and oxygen atoms in total. The molecule has 0 heterocycles. The average Bonchev–Trinajstić information content (AvgIpc) is 2.39. The number of carboxylic acid groups (broad SMARTS) is 1. The van der Waals surface area contributed by atoms with Crippen LogP contribution in [0.1, 0.15) is 15.9 Å². The lowest BCUT2D eigenvalue weighted by atomic mass is 9.97. The number of carbonyl (C=O) groups is 1. The van der Waals surface area contributed by atoms with E-state index in [1.54, 1.807) is 12.1 Å². The van der Waals surface area contributed by atoms with Crippen molar-refractivity contribution in [2.45, 2.75) is 6.54 Å². The highest BCUT2D eigenvalue weighted by molar-refractivity contribution is 5.96. The summed E-state index contributed by atoms with van der Waals surface area (Å²) >= 11 is 0. The molecule has 0 aliphatic rings. The lowest BCUT2D eigenvalue weighted by Crippen LogP contribution is -2.03. The molecule has 0 aliphatic heterocycles. The molecule has 17 heavy (non-hydrogen) atoms. The Kier molecular flexibility index (Phi) is 3.21. The highest BCUT2D eigenvalue weighted by Gasteiger charge is 2.11. The molecule has 0 saturated carbocycles. The summed E-state index contributed by atoms with van der Waals surface area (Å²) in [5, 5.41) is 9.21. The number of aromatic carboxylic acids is 1. The van der Waals surface area contributed by atoms with E-state index in [1.807, 2.05) is 36.4 Å². The van der Waals surface area contributed by atoms with Crippen molar-refractivity contribution in [1.82, 2.24) is 0 Å². The molecule has 0 saturated heterocycles. The van der Waals surface area contributed by atoms with E-state index in [0.717, 1.165) is 16.7 Å². The molecular weight excluding hydrogens is 214 g/mol. The molecule has 0 unspecified atom stereocenters. The van der Waals surface area contributed by atoms with Crippen LogP contribution in [-0.2, 0) is 6.54 Å². The zero-order valence-electron chi connectivity index (χ0n) is 9.26. The van der Waals surface area contributed by atoms with Gasteiger partial charge in [-0.15, -0.1) is 0 Å². The van der Waals surface area contributed by atoms with E-state index in [-0.39, 0.29) is 0 Å². The van der Waals surface area contributed by atoms with E-state index in [4.69, 9.17) is 5.73 Å². The van der Waals surface area contributed by atoms with Crippen LogP contribution in [0.2, 0.25) is 0 Å².